The predicted octanol–water partition coefficient (Wildman–Crippen LogP) is 2.01. The van der Waals surface area contributed by atoms with Crippen LogP contribution in [-0.2, 0) is 16.1 Å². The first kappa shape index (κ1) is 24.1. The van der Waals surface area contributed by atoms with Gasteiger partial charge in [0.2, 0.25) is 5.91 Å². The van der Waals surface area contributed by atoms with Crippen molar-refractivity contribution in [3.8, 4) is 0 Å². The summed E-state index contributed by atoms with van der Waals surface area (Å²) in [4.78, 5) is 33.5. The van der Waals surface area contributed by atoms with Crippen LogP contribution >= 0.6 is 24.8 Å². The number of nitrogens with two attached hydrogens (primary N) is 1. The van der Waals surface area contributed by atoms with Crippen molar-refractivity contribution < 1.29 is 14.7 Å². The molecule has 1 aliphatic heterocycles. The molecule has 156 valence electrons. The number of rotatable bonds is 6. The van der Waals surface area contributed by atoms with Crippen LogP contribution in [0.15, 0.2) is 18.5 Å². The highest BCUT2D eigenvalue weighted by atomic mass is 35.5. The number of aromatic nitrogens is 3. The van der Waals surface area contributed by atoms with E-state index in [0.717, 1.165) is 36.2 Å². The Morgan fingerprint density at radius 3 is 2.64 bits per heavy atom. The normalized spacial score (nSPS) is 15.6. The van der Waals surface area contributed by atoms with Gasteiger partial charge in [-0.15, -0.1) is 24.8 Å². The number of aryl methyl sites for hydroxylation is 1. The number of hydrogen-bond donors (Lipinski definition) is 2. The second-order valence-corrected chi connectivity index (χ2v) is 6.94. The Labute approximate surface area is 176 Å². The highest BCUT2D eigenvalue weighted by Gasteiger charge is 2.24. The van der Waals surface area contributed by atoms with Crippen LogP contribution in [0.1, 0.15) is 31.5 Å². The molecule has 2 aromatic heterocycles. The van der Waals surface area contributed by atoms with Crippen molar-refractivity contribution in [1.29, 1.82) is 0 Å². The largest absolute Gasteiger partial charge is 0.480 e. The molecular formula is C18H27Cl2N5O3. The van der Waals surface area contributed by atoms with Crippen molar-refractivity contribution >= 4 is 47.7 Å². The number of fused-ring (bicyclic) bond motifs is 1. The Kier molecular flexibility index (Phi) is 9.13. The predicted molar refractivity (Wildman–Crippen MR) is 111 cm³/mol. The molecular weight excluding hydrogens is 405 g/mol. The maximum atomic E-state index is 12.2. The van der Waals surface area contributed by atoms with Gasteiger partial charge in [0.1, 0.15) is 17.4 Å². The lowest BCUT2D eigenvalue weighted by molar-refractivity contribution is -0.139. The van der Waals surface area contributed by atoms with Gasteiger partial charge in [-0.05, 0) is 38.2 Å². The van der Waals surface area contributed by atoms with E-state index >= 15 is 0 Å². The first-order valence-electron chi connectivity index (χ1n) is 8.98. The number of carbonyl (C=O) groups excluding carboxylic acids is 1. The number of piperidine rings is 1. The SMILES string of the molecule is Cc1nc2cnccc2n1CC1CCN(C(=O)CC[C@H](N)C(=O)O)CC1.Cl.Cl. The van der Waals surface area contributed by atoms with Crippen molar-refractivity contribution in [3.63, 3.8) is 0 Å². The smallest absolute Gasteiger partial charge is 0.320 e. The number of carboxylic acids is 1. The molecule has 0 bridgehead atoms. The molecule has 0 unspecified atom stereocenters. The number of amides is 1. The highest BCUT2D eigenvalue weighted by molar-refractivity contribution is 5.85. The Morgan fingerprint density at radius 1 is 1.32 bits per heavy atom. The van der Waals surface area contributed by atoms with Crippen molar-refractivity contribution in [2.75, 3.05) is 13.1 Å². The lowest BCUT2D eigenvalue weighted by Crippen LogP contribution is -2.40. The van der Waals surface area contributed by atoms with E-state index in [1.165, 1.54) is 0 Å². The zero-order valence-electron chi connectivity index (χ0n) is 15.8. The monoisotopic (exact) mass is 431 g/mol. The van der Waals surface area contributed by atoms with Gasteiger partial charge in [-0.25, -0.2) is 4.98 Å². The van der Waals surface area contributed by atoms with Crippen LogP contribution in [0, 0.1) is 12.8 Å². The van der Waals surface area contributed by atoms with Crippen molar-refractivity contribution in [1.82, 2.24) is 19.4 Å². The fourth-order valence-electron chi connectivity index (χ4n) is 3.52. The molecule has 1 atom stereocenters. The summed E-state index contributed by atoms with van der Waals surface area (Å²) in [6.07, 6.45) is 5.80. The molecule has 0 aromatic carbocycles. The second kappa shape index (κ2) is 10.6. The zero-order valence-corrected chi connectivity index (χ0v) is 17.4. The van der Waals surface area contributed by atoms with Gasteiger partial charge in [-0.2, -0.15) is 0 Å². The van der Waals surface area contributed by atoms with E-state index in [4.69, 9.17) is 10.8 Å². The summed E-state index contributed by atoms with van der Waals surface area (Å²) in [5.41, 5.74) is 7.47. The average Bonchev–Trinajstić information content (AvgIpc) is 2.95. The molecule has 3 rings (SSSR count). The van der Waals surface area contributed by atoms with Crippen molar-refractivity contribution in [3.05, 3.63) is 24.3 Å². The minimum Gasteiger partial charge on any atom is -0.480 e. The molecule has 3 N–H and O–H groups in total. The lowest BCUT2D eigenvalue weighted by atomic mass is 9.96. The second-order valence-electron chi connectivity index (χ2n) is 6.94. The maximum absolute atomic E-state index is 12.2. The topological polar surface area (TPSA) is 114 Å². The Bertz CT molecular complexity index is 806. The number of carboxylic acid groups (broad SMARTS) is 1. The van der Waals surface area contributed by atoms with Crippen molar-refractivity contribution in [2.45, 2.75) is 45.2 Å². The molecule has 1 aliphatic rings. The number of hydrogen-bond acceptors (Lipinski definition) is 5. The van der Waals surface area contributed by atoms with Crippen LogP contribution in [0.2, 0.25) is 0 Å². The van der Waals surface area contributed by atoms with Gasteiger partial charge in [0.25, 0.3) is 0 Å². The van der Waals surface area contributed by atoms with Crippen LogP contribution in [-0.4, -0.2) is 55.5 Å². The van der Waals surface area contributed by atoms with Crippen LogP contribution in [0.3, 0.4) is 0 Å². The third-order valence-electron chi connectivity index (χ3n) is 5.14. The van der Waals surface area contributed by atoms with E-state index in [1.54, 1.807) is 12.4 Å². The lowest BCUT2D eigenvalue weighted by Gasteiger charge is -2.32. The third-order valence-corrected chi connectivity index (χ3v) is 5.14. The quantitative estimate of drug-likeness (QED) is 0.722. The van der Waals surface area contributed by atoms with Gasteiger partial charge in [0, 0.05) is 32.3 Å². The van der Waals surface area contributed by atoms with E-state index in [2.05, 4.69) is 14.5 Å². The molecule has 10 heteroatoms. The highest BCUT2D eigenvalue weighted by Crippen LogP contribution is 2.23. The molecule has 3 heterocycles. The van der Waals surface area contributed by atoms with E-state index in [1.807, 2.05) is 17.9 Å². The first-order chi connectivity index (χ1) is 12.5. The molecule has 1 amide bonds. The third kappa shape index (κ3) is 5.56. The Balaban J connectivity index is 0.00000196. The Hall–Kier alpha value is -1.90. The molecule has 1 saturated heterocycles. The molecule has 1 fully saturated rings. The number of pyridine rings is 1. The van der Waals surface area contributed by atoms with Gasteiger partial charge in [-0.3, -0.25) is 14.6 Å². The number of likely N-dealkylation sites (tertiary alicyclic amines) is 1. The van der Waals surface area contributed by atoms with Gasteiger partial charge in [0.05, 0.1) is 11.7 Å². The first-order valence-corrected chi connectivity index (χ1v) is 8.98. The number of aliphatic carboxylic acids is 1. The van der Waals surface area contributed by atoms with Crippen molar-refractivity contribution in [2.24, 2.45) is 11.7 Å². The minimum atomic E-state index is -1.06. The standard InChI is InChI=1S/C18H25N5O3.2ClH/c1-12-21-15-10-20-7-4-16(15)23(12)11-13-5-8-22(9-6-13)17(24)3-2-14(19)18(25)26;;/h4,7,10,13-14H,2-3,5-6,8-9,11,19H2,1H3,(H,25,26);2*1H/t14-;;/m0../s1. The number of imidazole rings is 1. The molecule has 28 heavy (non-hydrogen) atoms. The fraction of sp³-hybridized carbons (Fsp3) is 0.556. The summed E-state index contributed by atoms with van der Waals surface area (Å²) in [6, 6.07) is 1.02. The number of halogens is 2. The van der Waals surface area contributed by atoms with Crippen LogP contribution < -0.4 is 5.73 Å². The molecule has 2 aromatic rings. The Morgan fingerprint density at radius 2 is 2.00 bits per heavy atom. The maximum Gasteiger partial charge on any atom is 0.320 e. The summed E-state index contributed by atoms with van der Waals surface area (Å²) >= 11 is 0. The van der Waals surface area contributed by atoms with Crippen LogP contribution in [0.4, 0.5) is 0 Å². The van der Waals surface area contributed by atoms with Gasteiger partial charge in [-0.1, -0.05) is 0 Å². The van der Waals surface area contributed by atoms with E-state index in [0.29, 0.717) is 19.0 Å². The molecule has 0 aliphatic carbocycles. The van der Waals surface area contributed by atoms with E-state index < -0.39 is 12.0 Å². The van der Waals surface area contributed by atoms with Gasteiger partial charge in [0.15, 0.2) is 0 Å². The molecule has 0 saturated carbocycles. The molecule has 0 spiro atoms. The van der Waals surface area contributed by atoms with Gasteiger partial charge >= 0.3 is 5.97 Å². The molecule has 8 nitrogen and oxygen atoms in total. The van der Waals surface area contributed by atoms with E-state index in [9.17, 15) is 9.59 Å². The number of nitrogens with zero attached hydrogens (tertiary/aromatic N) is 4. The summed E-state index contributed by atoms with van der Waals surface area (Å²) in [5.74, 6) is 0.406. The fourth-order valence-corrected chi connectivity index (χ4v) is 3.52. The minimum absolute atomic E-state index is 0. The summed E-state index contributed by atoms with van der Waals surface area (Å²) in [7, 11) is 0. The van der Waals surface area contributed by atoms with Crippen LogP contribution in [0.5, 0.6) is 0 Å². The van der Waals surface area contributed by atoms with Gasteiger partial charge < -0.3 is 20.3 Å². The zero-order chi connectivity index (χ0) is 18.7. The average molecular weight is 432 g/mol. The summed E-state index contributed by atoms with van der Waals surface area (Å²) < 4.78 is 2.23. The summed E-state index contributed by atoms with van der Waals surface area (Å²) in [5, 5.41) is 8.80. The summed E-state index contributed by atoms with van der Waals surface area (Å²) in [6.45, 7) is 4.31. The number of carbonyl (C=O) groups is 2. The van der Waals surface area contributed by atoms with Crippen LogP contribution in [0.25, 0.3) is 11.0 Å². The molecule has 0 radical (unpaired) electrons. The van der Waals surface area contributed by atoms with E-state index in [-0.39, 0.29) is 43.6 Å².